The number of rotatable bonds is 2. The summed E-state index contributed by atoms with van der Waals surface area (Å²) in [7, 11) is 0. The van der Waals surface area contributed by atoms with Crippen LogP contribution in [0.25, 0.3) is 0 Å². The molecule has 2 heterocycles. The highest BCUT2D eigenvalue weighted by Crippen LogP contribution is 2.34. The lowest BCUT2D eigenvalue weighted by molar-refractivity contribution is -0.146. The summed E-state index contributed by atoms with van der Waals surface area (Å²) < 4.78 is 0. The molecule has 5 nitrogen and oxygen atoms in total. The van der Waals surface area contributed by atoms with Gasteiger partial charge in [0.15, 0.2) is 0 Å². The lowest BCUT2D eigenvalue weighted by Gasteiger charge is -2.26. The molecular weight excluding hydrogens is 280 g/mol. The van der Waals surface area contributed by atoms with Gasteiger partial charge in [-0.25, -0.2) is 0 Å². The maximum Gasteiger partial charge on any atom is 0.242 e. The Morgan fingerprint density at radius 3 is 1.95 bits per heavy atom. The van der Waals surface area contributed by atoms with Crippen molar-refractivity contribution in [3.05, 3.63) is 12.2 Å². The highest BCUT2D eigenvalue weighted by Gasteiger charge is 2.47. The molecule has 2 fully saturated rings. The molecule has 0 saturated carbocycles. The minimum Gasteiger partial charge on any atom is -0.341 e. The van der Waals surface area contributed by atoms with E-state index < -0.39 is 0 Å². The van der Waals surface area contributed by atoms with Gasteiger partial charge in [0.1, 0.15) is 6.54 Å². The number of carbonyl (C=O) groups is 3. The largest absolute Gasteiger partial charge is 0.341 e. The van der Waals surface area contributed by atoms with E-state index in [0.29, 0.717) is 12.8 Å². The second-order valence-electron chi connectivity index (χ2n) is 6.57. The average molecular weight is 304 g/mol. The number of likely N-dealkylation sites (tertiary alicyclic amines) is 2. The van der Waals surface area contributed by atoms with E-state index >= 15 is 0 Å². The van der Waals surface area contributed by atoms with E-state index in [0.717, 1.165) is 38.8 Å². The van der Waals surface area contributed by atoms with Crippen LogP contribution in [0.15, 0.2) is 12.2 Å². The fourth-order valence-corrected chi connectivity index (χ4v) is 3.76. The minimum absolute atomic E-state index is 0.0648. The molecule has 3 rings (SSSR count). The molecule has 2 aliphatic heterocycles. The Bertz CT molecular complexity index is 466. The smallest absolute Gasteiger partial charge is 0.242 e. The van der Waals surface area contributed by atoms with Crippen molar-refractivity contribution in [2.24, 2.45) is 11.8 Å². The number of carbonyl (C=O) groups excluding carboxylic acids is 3. The van der Waals surface area contributed by atoms with E-state index in [2.05, 4.69) is 0 Å². The molecule has 0 spiro atoms. The fourth-order valence-electron chi connectivity index (χ4n) is 3.76. The maximum absolute atomic E-state index is 12.5. The summed E-state index contributed by atoms with van der Waals surface area (Å²) in [6, 6.07) is 0. The third-order valence-corrected chi connectivity index (χ3v) is 5.10. The molecule has 2 saturated heterocycles. The first-order valence-electron chi connectivity index (χ1n) is 8.46. The van der Waals surface area contributed by atoms with Crippen LogP contribution in [-0.4, -0.2) is 47.2 Å². The zero-order valence-corrected chi connectivity index (χ0v) is 13.0. The molecule has 5 heteroatoms. The van der Waals surface area contributed by atoms with Crippen molar-refractivity contribution in [3.8, 4) is 0 Å². The van der Waals surface area contributed by atoms with E-state index in [1.807, 2.05) is 17.1 Å². The highest BCUT2D eigenvalue weighted by atomic mass is 16.2. The Balaban J connectivity index is 1.63. The zero-order chi connectivity index (χ0) is 15.5. The molecule has 22 heavy (non-hydrogen) atoms. The predicted octanol–water partition coefficient (Wildman–Crippen LogP) is 1.73. The zero-order valence-electron chi connectivity index (χ0n) is 13.0. The number of fused-ring (bicyclic) bond motifs is 1. The van der Waals surface area contributed by atoms with Gasteiger partial charge in [0.25, 0.3) is 0 Å². The van der Waals surface area contributed by atoms with Crippen LogP contribution in [0.1, 0.15) is 44.9 Å². The summed E-state index contributed by atoms with van der Waals surface area (Å²) in [6.07, 6.45) is 10.8. The van der Waals surface area contributed by atoms with Crippen molar-refractivity contribution >= 4 is 17.7 Å². The van der Waals surface area contributed by atoms with Gasteiger partial charge in [0.2, 0.25) is 17.7 Å². The lowest BCUT2D eigenvalue weighted by atomic mass is 9.85. The van der Waals surface area contributed by atoms with Crippen LogP contribution in [0, 0.1) is 11.8 Å². The lowest BCUT2D eigenvalue weighted by Crippen LogP contribution is -2.44. The van der Waals surface area contributed by atoms with Gasteiger partial charge in [0.05, 0.1) is 11.8 Å². The number of imide groups is 1. The standard InChI is InChI=1S/C17H24N2O3/c20-15(18-10-6-2-1-3-7-11-18)12-19-16(21)13-8-4-5-9-14(13)17(19)22/h4-5,13-14H,1-3,6-12H2/t13-,14-/m1/s1. The summed E-state index contributed by atoms with van der Waals surface area (Å²) in [5.41, 5.74) is 0. The molecule has 0 N–H and O–H groups in total. The van der Waals surface area contributed by atoms with Gasteiger partial charge < -0.3 is 4.90 Å². The van der Waals surface area contributed by atoms with Crippen molar-refractivity contribution in [2.45, 2.75) is 44.9 Å². The van der Waals surface area contributed by atoms with Crippen LogP contribution in [-0.2, 0) is 14.4 Å². The molecule has 1 aliphatic carbocycles. The quantitative estimate of drug-likeness (QED) is 0.576. The normalized spacial score (nSPS) is 29.3. The molecule has 3 amide bonds. The summed E-state index contributed by atoms with van der Waals surface area (Å²) >= 11 is 0. The fraction of sp³-hybridized carbons (Fsp3) is 0.706. The first-order valence-corrected chi connectivity index (χ1v) is 8.46. The van der Waals surface area contributed by atoms with Gasteiger partial charge in [-0.3, -0.25) is 19.3 Å². The van der Waals surface area contributed by atoms with Crippen molar-refractivity contribution in [1.29, 1.82) is 0 Å². The van der Waals surface area contributed by atoms with Crippen LogP contribution >= 0.6 is 0 Å². The molecule has 0 aromatic rings. The molecular formula is C17H24N2O3. The third-order valence-electron chi connectivity index (χ3n) is 5.10. The molecule has 120 valence electrons. The number of amides is 3. The molecule has 0 aromatic heterocycles. The number of allylic oxidation sites excluding steroid dienone is 2. The van der Waals surface area contributed by atoms with Gasteiger partial charge in [-0.1, -0.05) is 31.4 Å². The Hall–Kier alpha value is -1.65. The molecule has 0 unspecified atom stereocenters. The Morgan fingerprint density at radius 2 is 1.41 bits per heavy atom. The SMILES string of the molecule is O=C(CN1C(=O)[C@@H]2CC=CC[C@H]2C1=O)N1CCCCCCC1. The van der Waals surface area contributed by atoms with E-state index in [4.69, 9.17) is 0 Å². The van der Waals surface area contributed by atoms with Crippen LogP contribution < -0.4 is 0 Å². The van der Waals surface area contributed by atoms with Crippen LogP contribution in [0.4, 0.5) is 0 Å². The van der Waals surface area contributed by atoms with Crippen LogP contribution in [0.5, 0.6) is 0 Å². The van der Waals surface area contributed by atoms with Crippen LogP contribution in [0.3, 0.4) is 0 Å². The topological polar surface area (TPSA) is 57.7 Å². The van der Waals surface area contributed by atoms with E-state index in [1.54, 1.807) is 0 Å². The Labute approximate surface area is 131 Å². The molecule has 0 aromatic carbocycles. The first-order chi connectivity index (χ1) is 10.7. The van der Waals surface area contributed by atoms with E-state index in [-0.39, 0.29) is 36.1 Å². The van der Waals surface area contributed by atoms with Crippen molar-refractivity contribution < 1.29 is 14.4 Å². The van der Waals surface area contributed by atoms with Gasteiger partial charge >= 0.3 is 0 Å². The minimum atomic E-state index is -0.238. The van der Waals surface area contributed by atoms with Crippen LogP contribution in [0.2, 0.25) is 0 Å². The molecule has 2 atom stereocenters. The van der Waals surface area contributed by atoms with Crippen molar-refractivity contribution in [3.63, 3.8) is 0 Å². The predicted molar refractivity (Wildman–Crippen MR) is 81.7 cm³/mol. The van der Waals surface area contributed by atoms with Gasteiger partial charge in [-0.2, -0.15) is 0 Å². The highest BCUT2D eigenvalue weighted by molar-refractivity contribution is 6.07. The maximum atomic E-state index is 12.5. The molecule has 0 radical (unpaired) electrons. The number of hydrogen-bond acceptors (Lipinski definition) is 3. The number of hydrogen-bond donors (Lipinski definition) is 0. The number of nitrogens with zero attached hydrogens (tertiary/aromatic N) is 2. The van der Waals surface area contributed by atoms with Gasteiger partial charge in [0, 0.05) is 13.1 Å². The monoisotopic (exact) mass is 304 g/mol. The van der Waals surface area contributed by atoms with E-state index in [9.17, 15) is 14.4 Å². The van der Waals surface area contributed by atoms with Gasteiger partial charge in [-0.15, -0.1) is 0 Å². The first kappa shape index (κ1) is 15.3. The Morgan fingerprint density at radius 1 is 0.909 bits per heavy atom. The Kier molecular flexibility index (Phi) is 4.60. The summed E-state index contributed by atoms with van der Waals surface area (Å²) in [4.78, 5) is 40.3. The molecule has 3 aliphatic rings. The molecule has 0 bridgehead atoms. The second kappa shape index (κ2) is 6.63. The summed E-state index contributed by atoms with van der Waals surface area (Å²) in [6.45, 7) is 1.44. The van der Waals surface area contributed by atoms with Crippen molar-refractivity contribution in [2.75, 3.05) is 19.6 Å². The van der Waals surface area contributed by atoms with Gasteiger partial charge in [-0.05, 0) is 25.7 Å². The summed E-state index contributed by atoms with van der Waals surface area (Å²) in [5, 5.41) is 0. The van der Waals surface area contributed by atoms with Crippen molar-refractivity contribution in [1.82, 2.24) is 9.80 Å². The second-order valence-corrected chi connectivity index (χ2v) is 6.57. The average Bonchev–Trinajstić information content (AvgIpc) is 2.72. The third kappa shape index (κ3) is 2.94. The summed E-state index contributed by atoms with van der Waals surface area (Å²) in [5.74, 6) is -0.857. The van der Waals surface area contributed by atoms with E-state index in [1.165, 1.54) is 11.3 Å².